The summed E-state index contributed by atoms with van der Waals surface area (Å²) < 4.78 is 38.1. The lowest BCUT2D eigenvalue weighted by Gasteiger charge is -2.09. The van der Waals surface area contributed by atoms with E-state index < -0.39 is 10.0 Å². The fourth-order valence-electron chi connectivity index (χ4n) is 2.19. The molecule has 0 spiro atoms. The predicted molar refractivity (Wildman–Crippen MR) is 87.2 cm³/mol. The van der Waals surface area contributed by atoms with Crippen LogP contribution in [0.2, 0.25) is 0 Å². The Kier molecular flexibility index (Phi) is 3.96. The van der Waals surface area contributed by atoms with Crippen LogP contribution in [0.15, 0.2) is 51.8 Å². The molecule has 0 bridgehead atoms. The minimum Gasteiger partial charge on any atom is -0.494 e. The maximum Gasteiger partial charge on any atom is 0.261 e. The fraction of sp³-hybridized carbons (Fsp3) is 0.188. The van der Waals surface area contributed by atoms with Gasteiger partial charge in [0.15, 0.2) is 11.5 Å². The third-order valence-corrected chi connectivity index (χ3v) is 4.57. The lowest BCUT2D eigenvalue weighted by Crippen LogP contribution is -2.12. The highest BCUT2D eigenvalue weighted by atomic mass is 32.2. The number of hydrogen-bond acceptors (Lipinski definition) is 5. The summed E-state index contributed by atoms with van der Waals surface area (Å²) in [6.07, 6.45) is 0. The summed E-state index contributed by atoms with van der Waals surface area (Å²) in [6.45, 7) is 4.16. The maximum atomic E-state index is 12.5. The number of anilines is 1. The van der Waals surface area contributed by atoms with E-state index in [1.807, 2.05) is 6.92 Å². The number of aromatic nitrogens is 1. The molecule has 1 heterocycles. The highest BCUT2D eigenvalue weighted by Gasteiger charge is 2.16. The highest BCUT2D eigenvalue weighted by molar-refractivity contribution is 7.92. The van der Waals surface area contributed by atoms with Crippen molar-refractivity contribution in [1.82, 2.24) is 4.98 Å². The first-order valence-corrected chi connectivity index (χ1v) is 8.59. The Labute approximate surface area is 134 Å². The van der Waals surface area contributed by atoms with Crippen molar-refractivity contribution >= 4 is 26.8 Å². The van der Waals surface area contributed by atoms with Gasteiger partial charge >= 0.3 is 0 Å². The van der Waals surface area contributed by atoms with Crippen LogP contribution in [-0.2, 0) is 10.0 Å². The molecule has 0 aliphatic rings. The van der Waals surface area contributed by atoms with Crippen molar-refractivity contribution in [2.24, 2.45) is 0 Å². The Bertz CT molecular complexity index is 930. The van der Waals surface area contributed by atoms with Gasteiger partial charge in [-0.2, -0.15) is 0 Å². The molecule has 0 saturated carbocycles. The number of benzene rings is 2. The predicted octanol–water partition coefficient (Wildman–Crippen LogP) is 3.34. The van der Waals surface area contributed by atoms with Gasteiger partial charge in [0.1, 0.15) is 11.3 Å². The summed E-state index contributed by atoms with van der Waals surface area (Å²) in [6, 6.07) is 11.3. The SMILES string of the molecule is CCOc1ccc(NS(=O)(=O)c2ccc3oc(C)nc3c2)cc1. The number of nitrogens with one attached hydrogen (secondary N) is 1. The van der Waals surface area contributed by atoms with Gasteiger partial charge < -0.3 is 9.15 Å². The van der Waals surface area contributed by atoms with Gasteiger partial charge in [-0.25, -0.2) is 13.4 Å². The Morgan fingerprint density at radius 3 is 2.61 bits per heavy atom. The van der Waals surface area contributed by atoms with Gasteiger partial charge in [0, 0.05) is 12.6 Å². The Morgan fingerprint density at radius 1 is 1.17 bits per heavy atom. The molecule has 0 radical (unpaired) electrons. The Morgan fingerprint density at radius 2 is 1.91 bits per heavy atom. The number of fused-ring (bicyclic) bond motifs is 1. The van der Waals surface area contributed by atoms with E-state index in [9.17, 15) is 8.42 Å². The second kappa shape index (κ2) is 5.92. The second-order valence-electron chi connectivity index (χ2n) is 4.93. The molecule has 7 heteroatoms. The van der Waals surface area contributed by atoms with Crippen LogP contribution >= 0.6 is 0 Å². The molecule has 3 rings (SSSR count). The molecule has 23 heavy (non-hydrogen) atoms. The number of ether oxygens (including phenoxy) is 1. The Hall–Kier alpha value is -2.54. The van der Waals surface area contributed by atoms with E-state index in [-0.39, 0.29) is 4.90 Å². The zero-order valence-electron chi connectivity index (χ0n) is 12.7. The lowest BCUT2D eigenvalue weighted by molar-refractivity contribution is 0.340. The minimum atomic E-state index is -3.69. The van der Waals surface area contributed by atoms with Crippen LogP contribution in [0.1, 0.15) is 12.8 Å². The summed E-state index contributed by atoms with van der Waals surface area (Å²) in [4.78, 5) is 4.28. The van der Waals surface area contributed by atoms with E-state index in [0.717, 1.165) is 0 Å². The number of sulfonamides is 1. The van der Waals surface area contributed by atoms with Crippen molar-refractivity contribution in [2.75, 3.05) is 11.3 Å². The molecule has 0 atom stereocenters. The average Bonchev–Trinajstić information content (AvgIpc) is 2.88. The highest BCUT2D eigenvalue weighted by Crippen LogP contribution is 2.23. The quantitative estimate of drug-likeness (QED) is 0.775. The van der Waals surface area contributed by atoms with Crippen molar-refractivity contribution in [2.45, 2.75) is 18.7 Å². The first-order chi connectivity index (χ1) is 11.0. The van der Waals surface area contributed by atoms with E-state index in [1.54, 1.807) is 37.3 Å². The van der Waals surface area contributed by atoms with Gasteiger partial charge in [0.05, 0.1) is 11.5 Å². The van der Waals surface area contributed by atoms with Gasteiger partial charge in [-0.1, -0.05) is 0 Å². The first-order valence-electron chi connectivity index (χ1n) is 7.11. The normalized spacial score (nSPS) is 11.6. The van der Waals surface area contributed by atoms with Gasteiger partial charge in [-0.15, -0.1) is 0 Å². The smallest absolute Gasteiger partial charge is 0.261 e. The van der Waals surface area contributed by atoms with Crippen molar-refractivity contribution in [3.8, 4) is 5.75 Å². The number of rotatable bonds is 5. The number of aryl methyl sites for hydroxylation is 1. The standard InChI is InChI=1S/C16H16N2O4S/c1-3-21-13-6-4-12(5-7-13)18-23(19,20)14-8-9-16-15(10-14)17-11(2)22-16/h4-10,18H,3H2,1-2H3. The van der Waals surface area contributed by atoms with E-state index in [0.29, 0.717) is 35.0 Å². The molecule has 0 aliphatic heterocycles. The van der Waals surface area contributed by atoms with Crippen LogP contribution in [0.3, 0.4) is 0 Å². The van der Waals surface area contributed by atoms with Crippen LogP contribution in [0.4, 0.5) is 5.69 Å². The minimum absolute atomic E-state index is 0.132. The molecule has 0 unspecified atom stereocenters. The van der Waals surface area contributed by atoms with Crippen molar-refractivity contribution < 1.29 is 17.6 Å². The molecule has 120 valence electrons. The molecule has 3 aromatic rings. The summed E-state index contributed by atoms with van der Waals surface area (Å²) in [5.41, 5.74) is 1.53. The van der Waals surface area contributed by atoms with Gasteiger partial charge in [-0.3, -0.25) is 4.72 Å². The topological polar surface area (TPSA) is 81.4 Å². The molecular weight excluding hydrogens is 316 g/mol. The average molecular weight is 332 g/mol. The van der Waals surface area contributed by atoms with E-state index in [1.165, 1.54) is 12.1 Å². The number of hydrogen-bond donors (Lipinski definition) is 1. The molecule has 0 fully saturated rings. The molecule has 0 saturated heterocycles. The van der Waals surface area contributed by atoms with Crippen LogP contribution in [-0.4, -0.2) is 20.0 Å². The molecule has 0 amide bonds. The molecule has 2 aromatic carbocycles. The zero-order chi connectivity index (χ0) is 16.4. The Balaban J connectivity index is 1.87. The maximum absolute atomic E-state index is 12.5. The van der Waals surface area contributed by atoms with E-state index >= 15 is 0 Å². The van der Waals surface area contributed by atoms with Gasteiger partial charge in [0.2, 0.25) is 0 Å². The molecule has 1 N–H and O–H groups in total. The van der Waals surface area contributed by atoms with Crippen LogP contribution in [0, 0.1) is 6.92 Å². The lowest BCUT2D eigenvalue weighted by atomic mass is 10.3. The number of nitrogens with zero attached hydrogens (tertiary/aromatic N) is 1. The third-order valence-electron chi connectivity index (χ3n) is 3.19. The largest absolute Gasteiger partial charge is 0.494 e. The molecular formula is C16H16N2O4S. The van der Waals surface area contributed by atoms with Gasteiger partial charge in [-0.05, 0) is 49.4 Å². The van der Waals surface area contributed by atoms with Crippen LogP contribution in [0.5, 0.6) is 5.75 Å². The van der Waals surface area contributed by atoms with Crippen molar-refractivity contribution in [3.05, 3.63) is 48.4 Å². The second-order valence-corrected chi connectivity index (χ2v) is 6.61. The third kappa shape index (κ3) is 3.29. The van der Waals surface area contributed by atoms with Crippen LogP contribution in [0.25, 0.3) is 11.1 Å². The summed E-state index contributed by atoms with van der Waals surface area (Å²) in [7, 11) is -3.69. The van der Waals surface area contributed by atoms with E-state index in [2.05, 4.69) is 9.71 Å². The fourth-order valence-corrected chi connectivity index (χ4v) is 3.27. The van der Waals surface area contributed by atoms with Crippen molar-refractivity contribution in [3.63, 3.8) is 0 Å². The molecule has 1 aromatic heterocycles. The summed E-state index contributed by atoms with van der Waals surface area (Å²) in [5.74, 6) is 1.18. The monoisotopic (exact) mass is 332 g/mol. The number of oxazole rings is 1. The van der Waals surface area contributed by atoms with Gasteiger partial charge in [0.25, 0.3) is 10.0 Å². The van der Waals surface area contributed by atoms with Crippen molar-refractivity contribution in [1.29, 1.82) is 0 Å². The van der Waals surface area contributed by atoms with E-state index in [4.69, 9.17) is 9.15 Å². The molecule has 0 aliphatic carbocycles. The first kappa shape index (κ1) is 15.4. The summed E-state index contributed by atoms with van der Waals surface area (Å²) >= 11 is 0. The zero-order valence-corrected chi connectivity index (χ0v) is 13.6. The molecule has 6 nitrogen and oxygen atoms in total. The summed E-state index contributed by atoms with van der Waals surface area (Å²) in [5, 5.41) is 0. The van der Waals surface area contributed by atoms with Crippen LogP contribution < -0.4 is 9.46 Å².